The number of ether oxygens (including phenoxy) is 1. The van der Waals surface area contributed by atoms with Crippen molar-refractivity contribution in [2.75, 3.05) is 13.1 Å². The summed E-state index contributed by atoms with van der Waals surface area (Å²) in [4.78, 5) is 11.7. The summed E-state index contributed by atoms with van der Waals surface area (Å²) in [6.45, 7) is 11.8. The fourth-order valence-electron chi connectivity index (χ4n) is 2.88. The third-order valence-electron chi connectivity index (χ3n) is 3.82. The Balaban J connectivity index is 2.32. The van der Waals surface area contributed by atoms with E-state index in [1.165, 1.54) is 25.7 Å². The summed E-state index contributed by atoms with van der Waals surface area (Å²) in [5, 5.41) is 6.54. The van der Waals surface area contributed by atoms with Crippen molar-refractivity contribution in [1.29, 1.82) is 0 Å². The van der Waals surface area contributed by atoms with Crippen LogP contribution >= 0.6 is 0 Å². The molecule has 0 spiro atoms. The van der Waals surface area contributed by atoms with Crippen molar-refractivity contribution in [3.63, 3.8) is 0 Å². The fraction of sp³-hybridized carbons (Fsp3) is 0.941. The van der Waals surface area contributed by atoms with Crippen molar-refractivity contribution in [1.82, 2.24) is 10.6 Å². The first-order valence-electron chi connectivity index (χ1n) is 8.46. The first-order chi connectivity index (χ1) is 9.76. The summed E-state index contributed by atoms with van der Waals surface area (Å²) < 4.78 is 5.29. The number of carbonyl (C=O) groups excluding carboxylic acids is 1. The lowest BCUT2D eigenvalue weighted by Crippen LogP contribution is -2.44. The molecule has 1 aliphatic rings. The van der Waals surface area contributed by atoms with E-state index in [4.69, 9.17) is 4.74 Å². The van der Waals surface area contributed by atoms with Crippen LogP contribution in [0, 0.1) is 11.8 Å². The molecule has 1 atom stereocenters. The SMILES string of the molecule is CC(C)CC(CNC(=O)OC(C)(C)C)NCC1CCCC1. The molecule has 124 valence electrons. The van der Waals surface area contributed by atoms with Crippen molar-refractivity contribution in [2.45, 2.75) is 78.4 Å². The fourth-order valence-corrected chi connectivity index (χ4v) is 2.88. The number of alkyl carbamates (subject to hydrolysis) is 1. The van der Waals surface area contributed by atoms with E-state index >= 15 is 0 Å². The Morgan fingerprint density at radius 2 is 1.86 bits per heavy atom. The highest BCUT2D eigenvalue weighted by Crippen LogP contribution is 2.24. The smallest absolute Gasteiger partial charge is 0.407 e. The Morgan fingerprint density at radius 3 is 2.38 bits per heavy atom. The molecule has 0 heterocycles. The van der Waals surface area contributed by atoms with Crippen LogP contribution in [-0.4, -0.2) is 30.8 Å². The lowest BCUT2D eigenvalue weighted by molar-refractivity contribution is 0.0520. The summed E-state index contributed by atoms with van der Waals surface area (Å²) in [5.41, 5.74) is -0.436. The molecule has 1 saturated carbocycles. The maximum atomic E-state index is 11.7. The third-order valence-corrected chi connectivity index (χ3v) is 3.82. The average Bonchev–Trinajstić information content (AvgIpc) is 2.83. The van der Waals surface area contributed by atoms with Gasteiger partial charge in [0.15, 0.2) is 0 Å². The van der Waals surface area contributed by atoms with Gasteiger partial charge in [0.25, 0.3) is 0 Å². The predicted octanol–water partition coefficient (Wildman–Crippen LogP) is 3.71. The second kappa shape index (κ2) is 8.62. The summed E-state index contributed by atoms with van der Waals surface area (Å²) in [7, 11) is 0. The minimum absolute atomic E-state index is 0.320. The first kappa shape index (κ1) is 18.3. The largest absolute Gasteiger partial charge is 0.444 e. The van der Waals surface area contributed by atoms with Gasteiger partial charge in [-0.3, -0.25) is 0 Å². The van der Waals surface area contributed by atoms with Crippen LogP contribution in [0.2, 0.25) is 0 Å². The second-order valence-electron chi connectivity index (χ2n) is 7.77. The zero-order chi connectivity index (χ0) is 15.9. The molecule has 4 nitrogen and oxygen atoms in total. The average molecular weight is 298 g/mol. The molecule has 1 rings (SSSR count). The van der Waals surface area contributed by atoms with Gasteiger partial charge >= 0.3 is 6.09 Å². The summed E-state index contributed by atoms with van der Waals surface area (Å²) >= 11 is 0. The van der Waals surface area contributed by atoms with E-state index in [9.17, 15) is 4.79 Å². The van der Waals surface area contributed by atoms with Crippen LogP contribution in [0.3, 0.4) is 0 Å². The molecule has 1 unspecified atom stereocenters. The molecule has 0 aromatic carbocycles. The highest BCUT2D eigenvalue weighted by Gasteiger charge is 2.20. The topological polar surface area (TPSA) is 50.4 Å². The van der Waals surface area contributed by atoms with Crippen molar-refractivity contribution in [3.8, 4) is 0 Å². The number of carbonyl (C=O) groups is 1. The highest BCUT2D eigenvalue weighted by molar-refractivity contribution is 5.67. The predicted molar refractivity (Wildman–Crippen MR) is 87.4 cm³/mol. The quantitative estimate of drug-likeness (QED) is 0.753. The van der Waals surface area contributed by atoms with Gasteiger partial charge in [0, 0.05) is 12.6 Å². The molecule has 2 N–H and O–H groups in total. The molecule has 4 heteroatoms. The van der Waals surface area contributed by atoms with E-state index in [0.29, 0.717) is 18.5 Å². The monoisotopic (exact) mass is 298 g/mol. The van der Waals surface area contributed by atoms with Gasteiger partial charge in [0.1, 0.15) is 5.60 Å². The standard InChI is InChI=1S/C17H34N2O2/c1-13(2)10-15(18-11-14-8-6-7-9-14)12-19-16(20)21-17(3,4)5/h13-15,18H,6-12H2,1-5H3,(H,19,20). The Kier molecular flexibility index (Phi) is 7.50. The number of rotatable bonds is 7. The number of hydrogen-bond acceptors (Lipinski definition) is 3. The van der Waals surface area contributed by atoms with E-state index in [0.717, 1.165) is 18.9 Å². The van der Waals surface area contributed by atoms with Gasteiger partial charge in [0.2, 0.25) is 0 Å². The lowest BCUT2D eigenvalue weighted by Gasteiger charge is -2.24. The zero-order valence-electron chi connectivity index (χ0n) is 14.5. The molecule has 1 fully saturated rings. The molecule has 1 amide bonds. The summed E-state index contributed by atoms with van der Waals surface area (Å²) in [6.07, 6.45) is 6.19. The van der Waals surface area contributed by atoms with Gasteiger partial charge in [-0.25, -0.2) is 4.79 Å². The Morgan fingerprint density at radius 1 is 1.24 bits per heavy atom. The van der Waals surface area contributed by atoms with Crippen molar-refractivity contribution in [2.24, 2.45) is 11.8 Å². The van der Waals surface area contributed by atoms with Crippen molar-refractivity contribution >= 4 is 6.09 Å². The Hall–Kier alpha value is -0.770. The van der Waals surface area contributed by atoms with Gasteiger partial charge in [-0.05, 0) is 58.4 Å². The van der Waals surface area contributed by atoms with Gasteiger partial charge in [-0.1, -0.05) is 26.7 Å². The van der Waals surface area contributed by atoms with Gasteiger partial charge in [0.05, 0.1) is 0 Å². The van der Waals surface area contributed by atoms with E-state index in [-0.39, 0.29) is 6.09 Å². The van der Waals surface area contributed by atoms with Crippen molar-refractivity contribution in [3.05, 3.63) is 0 Å². The number of hydrogen-bond donors (Lipinski definition) is 2. The number of nitrogens with one attached hydrogen (secondary N) is 2. The van der Waals surface area contributed by atoms with E-state index in [1.807, 2.05) is 20.8 Å². The van der Waals surface area contributed by atoms with Crippen LogP contribution < -0.4 is 10.6 Å². The normalized spacial score (nSPS) is 18.0. The molecule has 0 aromatic heterocycles. The van der Waals surface area contributed by atoms with Gasteiger partial charge < -0.3 is 15.4 Å². The summed E-state index contributed by atoms with van der Waals surface area (Å²) in [6, 6.07) is 0.332. The molecule has 1 aliphatic carbocycles. The maximum absolute atomic E-state index is 11.7. The molecular weight excluding hydrogens is 264 g/mol. The van der Waals surface area contributed by atoms with Crippen LogP contribution in [-0.2, 0) is 4.74 Å². The Labute approximate surface area is 130 Å². The second-order valence-corrected chi connectivity index (χ2v) is 7.77. The summed E-state index contributed by atoms with van der Waals surface area (Å²) in [5.74, 6) is 1.44. The van der Waals surface area contributed by atoms with Gasteiger partial charge in [-0.15, -0.1) is 0 Å². The first-order valence-corrected chi connectivity index (χ1v) is 8.46. The van der Waals surface area contributed by atoms with Crippen molar-refractivity contribution < 1.29 is 9.53 Å². The zero-order valence-corrected chi connectivity index (χ0v) is 14.5. The highest BCUT2D eigenvalue weighted by atomic mass is 16.6. The van der Waals surface area contributed by atoms with E-state index in [2.05, 4.69) is 24.5 Å². The minimum atomic E-state index is -0.436. The minimum Gasteiger partial charge on any atom is -0.444 e. The molecule has 0 radical (unpaired) electrons. The van der Waals surface area contributed by atoms with Gasteiger partial charge in [-0.2, -0.15) is 0 Å². The molecule has 0 saturated heterocycles. The molecule has 0 aromatic rings. The van der Waals surface area contributed by atoms with Crippen LogP contribution in [0.1, 0.15) is 66.7 Å². The molecule has 0 aliphatic heterocycles. The molecule has 0 bridgehead atoms. The van der Waals surface area contributed by atoms with Crippen LogP contribution in [0.25, 0.3) is 0 Å². The van der Waals surface area contributed by atoms with Crippen LogP contribution in [0.15, 0.2) is 0 Å². The van der Waals surface area contributed by atoms with Crippen LogP contribution in [0.4, 0.5) is 4.79 Å². The van der Waals surface area contributed by atoms with E-state index in [1.54, 1.807) is 0 Å². The lowest BCUT2D eigenvalue weighted by atomic mass is 10.0. The maximum Gasteiger partial charge on any atom is 0.407 e. The Bertz CT molecular complexity index is 304. The molecular formula is C17H34N2O2. The number of amides is 1. The third kappa shape index (κ3) is 8.97. The molecule has 21 heavy (non-hydrogen) atoms. The van der Waals surface area contributed by atoms with Crippen LogP contribution in [0.5, 0.6) is 0 Å². The van der Waals surface area contributed by atoms with E-state index < -0.39 is 5.60 Å².